The van der Waals surface area contributed by atoms with Crippen molar-refractivity contribution in [3.63, 3.8) is 0 Å². The number of amides is 5. The molecule has 27 heteroatoms. The van der Waals surface area contributed by atoms with Gasteiger partial charge in [-0.2, -0.15) is 0 Å². The first-order valence-electron chi connectivity index (χ1n) is 28.1. The quantitative estimate of drug-likeness (QED) is 0.0909. The van der Waals surface area contributed by atoms with Gasteiger partial charge in [0, 0.05) is 67.4 Å². The van der Waals surface area contributed by atoms with Gasteiger partial charge in [0.15, 0.2) is 29.6 Å². The normalized spacial score (nSPS) is 33.9. The number of aliphatic hydroxyl groups is 5. The van der Waals surface area contributed by atoms with Gasteiger partial charge >= 0.3 is 18.0 Å². The number of carbonyl (C=O) groups is 9. The highest BCUT2D eigenvalue weighted by atomic mass is 19.3. The van der Waals surface area contributed by atoms with Crippen LogP contribution in [-0.2, 0) is 75.2 Å². The van der Waals surface area contributed by atoms with Gasteiger partial charge in [0.2, 0.25) is 18.1 Å². The van der Waals surface area contributed by atoms with Gasteiger partial charge in [-0.05, 0) is 79.4 Å². The topological polar surface area (TPSA) is 370 Å². The average Bonchev–Trinajstić information content (AvgIpc) is 2.12. The van der Waals surface area contributed by atoms with Crippen LogP contribution in [0.25, 0.3) is 0 Å². The van der Waals surface area contributed by atoms with Gasteiger partial charge in [0.1, 0.15) is 37.3 Å². The van der Waals surface area contributed by atoms with E-state index < -0.39 is 170 Å². The molecule has 458 valence electrons. The molecule has 0 aromatic heterocycles. The van der Waals surface area contributed by atoms with Crippen molar-refractivity contribution in [3.05, 3.63) is 83.0 Å². The summed E-state index contributed by atoms with van der Waals surface area (Å²) in [7, 11) is 0. The van der Waals surface area contributed by atoms with Crippen LogP contribution in [0.1, 0.15) is 107 Å². The van der Waals surface area contributed by atoms with Crippen molar-refractivity contribution in [1.82, 2.24) is 15.7 Å². The standard InChI is InChI=1S/C58H66F2N4O21/c1-54-17-15-32(66)20-31(54)8-9-33-34-21-39-58(38(68)24-65,55(34,2)23-36(67)45(33)54)84-51(82-39)30-6-3-28(4-7-30)22-56(26-57(59,60)27-56)63-53(79)80-25-29-5-10-37(81-52-48(76)46(74)47(75)49(83-52)50(77)78)35(19-29)62-41(70)16-18-61-40(69)11-14-44(73)85-64-42(71)12-13-43(64)72/h3-7,10,15,17,19-20,33-34,36,39,45-49,51-52,65,67,74-76H,8-9,11-14,16,18,21-27H2,1-2H3,(H,61,69)(H,62,70)(H,63,79)(H,77,78)/t33-,34-,36-,39+,45+,46-,47-,48+,49-,51+,52+,54-,55-,58+/m0/s1. The Morgan fingerprint density at radius 1 is 0.847 bits per heavy atom. The number of carbonyl (C=O) groups excluding carboxylic acids is 8. The zero-order chi connectivity index (χ0) is 61.1. The number of ketones is 2. The van der Waals surface area contributed by atoms with Gasteiger partial charge in [-0.1, -0.05) is 55.8 Å². The minimum absolute atomic E-state index is 0.0510. The number of alkyl carbamates (subject to hydrolysis) is 1. The van der Waals surface area contributed by atoms with Crippen LogP contribution < -0.4 is 20.7 Å². The molecule has 85 heavy (non-hydrogen) atoms. The summed E-state index contributed by atoms with van der Waals surface area (Å²) in [5.41, 5.74) is -2.66. The van der Waals surface area contributed by atoms with Crippen molar-refractivity contribution in [2.75, 3.05) is 18.5 Å². The zero-order valence-electron chi connectivity index (χ0n) is 46.2. The fourth-order valence-corrected chi connectivity index (χ4v) is 14.4. The van der Waals surface area contributed by atoms with Crippen molar-refractivity contribution in [1.29, 1.82) is 0 Å². The Kier molecular flexibility index (Phi) is 16.7. The molecule has 3 saturated heterocycles. The Labute approximate surface area is 483 Å². The predicted molar refractivity (Wildman–Crippen MR) is 281 cm³/mol. The number of benzene rings is 2. The van der Waals surface area contributed by atoms with E-state index in [0.717, 1.165) is 5.57 Å². The molecule has 7 fully saturated rings. The smallest absolute Gasteiger partial charge is 0.407 e. The summed E-state index contributed by atoms with van der Waals surface area (Å²) >= 11 is 0. The summed E-state index contributed by atoms with van der Waals surface area (Å²) in [4.78, 5) is 118. The third kappa shape index (κ3) is 11.6. The summed E-state index contributed by atoms with van der Waals surface area (Å²) < 4.78 is 59.3. The van der Waals surface area contributed by atoms with E-state index in [0.29, 0.717) is 35.5 Å². The molecular formula is C58H66F2N4O21. The monoisotopic (exact) mass is 1190 g/mol. The Hall–Kier alpha value is -7.11. The maximum Gasteiger partial charge on any atom is 0.407 e. The molecule has 0 radical (unpaired) electrons. The number of hydrogen-bond donors (Lipinski definition) is 9. The summed E-state index contributed by atoms with van der Waals surface area (Å²) in [5.74, 6) is -10.1. The third-order valence-electron chi connectivity index (χ3n) is 18.3. The number of nitrogens with one attached hydrogen (secondary N) is 3. The lowest BCUT2D eigenvalue weighted by Crippen LogP contribution is -2.63. The van der Waals surface area contributed by atoms with Gasteiger partial charge < -0.3 is 75.1 Å². The van der Waals surface area contributed by atoms with E-state index in [2.05, 4.69) is 16.0 Å². The van der Waals surface area contributed by atoms with Crippen molar-refractivity contribution in [2.24, 2.45) is 28.6 Å². The number of carboxylic acid groups (broad SMARTS) is 1. The van der Waals surface area contributed by atoms with Crippen LogP contribution >= 0.6 is 0 Å². The molecule has 2 aromatic rings. The predicted octanol–water partition coefficient (Wildman–Crippen LogP) is 2.03. The summed E-state index contributed by atoms with van der Waals surface area (Å²) in [6.45, 7) is 2.30. The van der Waals surface area contributed by atoms with E-state index >= 15 is 0 Å². The van der Waals surface area contributed by atoms with Gasteiger partial charge in [-0.15, -0.1) is 5.06 Å². The number of ether oxygens (including phenoxy) is 5. The van der Waals surface area contributed by atoms with Crippen LogP contribution in [0.5, 0.6) is 5.75 Å². The maximum absolute atomic E-state index is 14.8. The van der Waals surface area contributed by atoms with Crippen LogP contribution in [0.3, 0.4) is 0 Å². The second kappa shape index (κ2) is 23.3. The van der Waals surface area contributed by atoms with Crippen molar-refractivity contribution < 1.29 is 111 Å². The van der Waals surface area contributed by atoms with Crippen molar-refractivity contribution in [2.45, 2.75) is 164 Å². The van der Waals surface area contributed by atoms with Crippen LogP contribution in [0, 0.1) is 28.6 Å². The molecule has 5 aliphatic carbocycles. The lowest BCUT2D eigenvalue weighted by Gasteiger charge is -2.59. The van der Waals surface area contributed by atoms with Crippen molar-refractivity contribution in [3.8, 4) is 5.75 Å². The molecule has 0 bridgehead atoms. The van der Waals surface area contributed by atoms with Gasteiger partial charge in [0.05, 0.1) is 29.9 Å². The molecular weight excluding hydrogens is 1130 g/mol. The summed E-state index contributed by atoms with van der Waals surface area (Å²) in [5, 5.41) is 71.1. The fraction of sp³-hybridized carbons (Fsp3) is 0.569. The number of carboxylic acids is 1. The van der Waals surface area contributed by atoms with Gasteiger partial charge in [0.25, 0.3) is 17.7 Å². The van der Waals surface area contributed by atoms with Crippen LogP contribution in [0.2, 0.25) is 0 Å². The molecule has 3 aliphatic heterocycles. The molecule has 0 spiro atoms. The Morgan fingerprint density at radius 2 is 1.55 bits per heavy atom. The largest absolute Gasteiger partial charge is 0.479 e. The number of aliphatic hydroxyl groups excluding tert-OH is 5. The Balaban J connectivity index is 0.777. The summed E-state index contributed by atoms with van der Waals surface area (Å²) in [6, 6.07) is 10.4. The number of nitrogens with zero attached hydrogens (tertiary/aromatic N) is 1. The second-order valence-electron chi connectivity index (χ2n) is 23.8. The number of alkyl halides is 2. The number of aliphatic carboxylic acids is 1. The highest BCUT2D eigenvalue weighted by Crippen LogP contribution is 2.70. The number of hydrogen-bond acceptors (Lipinski definition) is 20. The molecule has 8 aliphatic rings. The number of allylic oxidation sites excluding steroid dienone is 4. The number of Topliss-reactive ketones (excluding diaryl/α,β-unsaturated/α-hetero) is 1. The van der Waals surface area contributed by atoms with E-state index in [9.17, 15) is 82.6 Å². The van der Waals surface area contributed by atoms with Crippen LogP contribution in [-0.4, -0.2) is 162 Å². The van der Waals surface area contributed by atoms with Gasteiger partial charge in [-0.25, -0.2) is 23.2 Å². The van der Waals surface area contributed by atoms with E-state index in [-0.39, 0.29) is 72.8 Å². The van der Waals surface area contributed by atoms with E-state index in [1.165, 1.54) is 18.2 Å². The maximum atomic E-state index is 14.8. The minimum Gasteiger partial charge on any atom is -0.479 e. The highest BCUT2D eigenvalue weighted by molar-refractivity contribution is 6.02. The molecule has 2 aromatic carbocycles. The molecule has 25 nitrogen and oxygen atoms in total. The molecule has 10 rings (SSSR count). The van der Waals surface area contributed by atoms with E-state index in [1.54, 1.807) is 36.4 Å². The molecule has 14 atom stereocenters. The van der Waals surface area contributed by atoms with Crippen LogP contribution in [0.4, 0.5) is 19.3 Å². The molecule has 0 unspecified atom stereocenters. The SMILES string of the molecule is C[C@]12C=CC(=O)C=C1CC[C@@H]1[C@@H]2[C@@H](O)C[C@@]2(C)[C@H]1C[C@H]1O[C@@H](c3ccc(CC4(NC(=O)OCc5ccc(O[C@@H]6O[C@H](C(=O)O)[C@@H](O)[C@H](O)[C@H]6O)c(NC(=O)CCNC(=O)CCC(=O)ON6C(=O)CCC6=O)c5)CC(F)(F)C4)cc3)O[C@]12C(=O)CO. The van der Waals surface area contributed by atoms with Crippen LogP contribution in [0.15, 0.2) is 66.3 Å². The molecule has 9 N–H and O–H groups in total. The molecule has 5 amide bonds. The average molecular weight is 1190 g/mol. The third-order valence-corrected chi connectivity index (χ3v) is 18.3. The molecule has 4 saturated carbocycles. The number of rotatable bonds is 19. The summed E-state index contributed by atoms with van der Waals surface area (Å²) in [6.07, 6.45) is -10.1. The Morgan fingerprint density at radius 3 is 2.24 bits per heavy atom. The number of halogens is 2. The number of fused-ring (bicyclic) bond motifs is 7. The lowest BCUT2D eigenvalue weighted by molar-refractivity contribution is -0.271. The molecule has 3 heterocycles. The Bertz CT molecular complexity index is 3100. The second-order valence-corrected chi connectivity index (χ2v) is 23.8. The number of anilines is 1. The van der Waals surface area contributed by atoms with Gasteiger partial charge in [-0.3, -0.25) is 28.8 Å². The first-order chi connectivity index (χ1) is 40.2. The highest BCUT2D eigenvalue weighted by Gasteiger charge is 2.76. The first-order valence-corrected chi connectivity index (χ1v) is 28.1. The number of hydroxylamine groups is 2. The van der Waals surface area contributed by atoms with E-state index in [1.807, 2.05) is 19.9 Å². The minimum atomic E-state index is -3.14. The van der Waals surface area contributed by atoms with E-state index in [4.69, 9.17) is 28.5 Å². The number of imide groups is 1. The fourth-order valence-electron chi connectivity index (χ4n) is 14.4. The van der Waals surface area contributed by atoms with Crippen molar-refractivity contribution >= 4 is 58.9 Å². The first kappa shape index (κ1) is 61.0. The zero-order valence-corrected chi connectivity index (χ0v) is 46.2. The lowest BCUT2D eigenvalue weighted by atomic mass is 9.46.